The molecule has 0 aliphatic carbocycles. The highest BCUT2D eigenvalue weighted by Gasteiger charge is 2.04. The van der Waals surface area contributed by atoms with Gasteiger partial charge in [0.05, 0.1) is 0 Å². The predicted molar refractivity (Wildman–Crippen MR) is 98.6 cm³/mol. The minimum Gasteiger partial charge on any atom is -0.340 e. The molecule has 23 heavy (non-hydrogen) atoms. The molecule has 0 saturated carbocycles. The van der Waals surface area contributed by atoms with Crippen molar-refractivity contribution in [1.82, 2.24) is 9.97 Å². The molecule has 3 aromatic rings. The van der Waals surface area contributed by atoms with E-state index >= 15 is 0 Å². The van der Waals surface area contributed by atoms with Crippen LogP contribution in [0.15, 0.2) is 65.3 Å². The van der Waals surface area contributed by atoms with Crippen LogP contribution in [-0.2, 0) is 6.42 Å². The lowest BCUT2D eigenvalue weighted by Gasteiger charge is -2.11. The summed E-state index contributed by atoms with van der Waals surface area (Å²) in [6.45, 7) is 2.14. The molecule has 1 aromatic heterocycles. The van der Waals surface area contributed by atoms with Crippen molar-refractivity contribution in [2.45, 2.75) is 13.3 Å². The lowest BCUT2D eigenvalue weighted by Crippen LogP contribution is -2.01. The number of rotatable bonds is 5. The predicted octanol–water partition coefficient (Wildman–Crippen LogP) is 5.29. The van der Waals surface area contributed by atoms with Gasteiger partial charge in [0, 0.05) is 22.0 Å². The first-order valence-corrected chi connectivity index (χ1v) is 8.24. The van der Waals surface area contributed by atoms with Crippen molar-refractivity contribution >= 4 is 39.1 Å². The van der Waals surface area contributed by atoms with E-state index in [0.717, 1.165) is 28.1 Å². The Bertz CT molecular complexity index is 804. The second-order valence-corrected chi connectivity index (χ2v) is 5.95. The van der Waals surface area contributed by atoms with Crippen LogP contribution in [0.25, 0.3) is 0 Å². The highest BCUT2D eigenvalue weighted by molar-refractivity contribution is 9.10. The molecule has 0 bridgehead atoms. The van der Waals surface area contributed by atoms with E-state index < -0.39 is 0 Å². The fourth-order valence-electron chi connectivity index (χ4n) is 2.27. The molecule has 3 rings (SSSR count). The summed E-state index contributed by atoms with van der Waals surface area (Å²) < 4.78 is 1.01. The van der Waals surface area contributed by atoms with Gasteiger partial charge in [-0.15, -0.1) is 0 Å². The van der Waals surface area contributed by atoms with E-state index in [0.29, 0.717) is 5.95 Å². The molecular formula is C18H17BrN4. The molecule has 0 radical (unpaired) electrons. The highest BCUT2D eigenvalue weighted by atomic mass is 79.9. The quantitative estimate of drug-likeness (QED) is 0.642. The number of nitrogens with one attached hydrogen (secondary N) is 2. The van der Waals surface area contributed by atoms with Crippen LogP contribution in [0.3, 0.4) is 0 Å². The molecule has 0 aliphatic rings. The number of nitrogens with zero attached hydrogens (tertiary/aromatic N) is 2. The zero-order chi connectivity index (χ0) is 16.1. The topological polar surface area (TPSA) is 49.8 Å². The Kier molecular flexibility index (Phi) is 4.88. The summed E-state index contributed by atoms with van der Waals surface area (Å²) in [5, 5.41) is 6.57. The third-order valence-corrected chi connectivity index (χ3v) is 3.89. The normalized spacial score (nSPS) is 10.3. The number of aryl methyl sites for hydroxylation is 1. The summed E-state index contributed by atoms with van der Waals surface area (Å²) in [5.41, 5.74) is 3.26. The first-order valence-electron chi connectivity index (χ1n) is 7.45. The van der Waals surface area contributed by atoms with Crippen LogP contribution in [0.4, 0.5) is 23.1 Å². The van der Waals surface area contributed by atoms with Crippen LogP contribution in [0.1, 0.15) is 12.5 Å². The van der Waals surface area contributed by atoms with Gasteiger partial charge in [0.2, 0.25) is 5.95 Å². The van der Waals surface area contributed by atoms with Gasteiger partial charge in [-0.3, -0.25) is 0 Å². The maximum absolute atomic E-state index is 4.52. The Balaban J connectivity index is 1.80. The van der Waals surface area contributed by atoms with Crippen LogP contribution < -0.4 is 10.6 Å². The first kappa shape index (κ1) is 15.5. The van der Waals surface area contributed by atoms with Gasteiger partial charge < -0.3 is 10.6 Å². The van der Waals surface area contributed by atoms with E-state index in [4.69, 9.17) is 0 Å². The molecule has 2 aromatic carbocycles. The van der Waals surface area contributed by atoms with Crippen LogP contribution in [0.5, 0.6) is 0 Å². The van der Waals surface area contributed by atoms with Crippen molar-refractivity contribution in [2.75, 3.05) is 10.6 Å². The molecule has 4 nitrogen and oxygen atoms in total. The average molecular weight is 369 g/mol. The van der Waals surface area contributed by atoms with Crippen LogP contribution in [-0.4, -0.2) is 9.97 Å². The zero-order valence-electron chi connectivity index (χ0n) is 12.8. The van der Waals surface area contributed by atoms with E-state index in [1.807, 2.05) is 42.5 Å². The van der Waals surface area contributed by atoms with E-state index in [1.54, 1.807) is 6.20 Å². The smallest absolute Gasteiger partial charge is 0.229 e. The second-order valence-electron chi connectivity index (χ2n) is 5.04. The Hall–Kier alpha value is -2.40. The van der Waals surface area contributed by atoms with Crippen LogP contribution in [0.2, 0.25) is 0 Å². The zero-order valence-corrected chi connectivity index (χ0v) is 14.3. The van der Waals surface area contributed by atoms with Crippen molar-refractivity contribution in [3.63, 3.8) is 0 Å². The lowest BCUT2D eigenvalue weighted by atomic mass is 10.1. The summed E-state index contributed by atoms with van der Waals surface area (Å²) in [6, 6.07) is 18.0. The van der Waals surface area contributed by atoms with Crippen LogP contribution >= 0.6 is 15.9 Å². The fourth-order valence-corrected chi connectivity index (χ4v) is 2.67. The molecule has 5 heteroatoms. The first-order chi connectivity index (χ1) is 11.2. The van der Waals surface area contributed by atoms with Gasteiger partial charge in [0.1, 0.15) is 5.82 Å². The summed E-state index contributed by atoms with van der Waals surface area (Å²) in [4.78, 5) is 8.79. The Morgan fingerprint density at radius 1 is 1.00 bits per heavy atom. The molecule has 0 aliphatic heterocycles. The minimum absolute atomic E-state index is 0.557. The molecule has 116 valence electrons. The second kappa shape index (κ2) is 7.24. The molecule has 2 N–H and O–H groups in total. The number of para-hydroxylation sites is 1. The van der Waals surface area contributed by atoms with Gasteiger partial charge in [-0.05, 0) is 42.3 Å². The number of halogens is 1. The van der Waals surface area contributed by atoms with E-state index in [9.17, 15) is 0 Å². The third kappa shape index (κ3) is 4.07. The molecule has 0 amide bonds. The summed E-state index contributed by atoms with van der Waals surface area (Å²) in [5.74, 6) is 1.32. The van der Waals surface area contributed by atoms with Crippen molar-refractivity contribution < 1.29 is 0 Å². The standard InChI is InChI=1S/C18H17BrN4/c1-2-13-6-3-4-9-16(13)22-17-10-11-20-18(23-17)21-15-8-5-7-14(19)12-15/h3-12H,2H2,1H3,(H2,20,21,22,23). The average Bonchev–Trinajstić information content (AvgIpc) is 2.56. The third-order valence-electron chi connectivity index (χ3n) is 3.40. The Morgan fingerprint density at radius 3 is 2.70 bits per heavy atom. The minimum atomic E-state index is 0.557. The Labute approximate surface area is 144 Å². The van der Waals surface area contributed by atoms with Gasteiger partial charge in [-0.25, -0.2) is 4.98 Å². The summed E-state index contributed by atoms with van der Waals surface area (Å²) in [6.07, 6.45) is 2.71. The maximum atomic E-state index is 4.52. The van der Waals surface area contributed by atoms with Crippen molar-refractivity contribution in [2.24, 2.45) is 0 Å². The van der Waals surface area contributed by atoms with Crippen molar-refractivity contribution in [3.8, 4) is 0 Å². The van der Waals surface area contributed by atoms with Crippen molar-refractivity contribution in [1.29, 1.82) is 0 Å². The number of anilines is 4. The fraction of sp³-hybridized carbons (Fsp3) is 0.111. The summed E-state index contributed by atoms with van der Waals surface area (Å²) >= 11 is 3.46. The van der Waals surface area contributed by atoms with E-state index in [2.05, 4.69) is 55.6 Å². The summed E-state index contributed by atoms with van der Waals surface area (Å²) in [7, 11) is 0. The Morgan fingerprint density at radius 2 is 1.87 bits per heavy atom. The lowest BCUT2D eigenvalue weighted by molar-refractivity contribution is 1.13. The molecule has 1 heterocycles. The molecule has 0 saturated heterocycles. The van der Waals surface area contributed by atoms with E-state index in [-0.39, 0.29) is 0 Å². The SMILES string of the molecule is CCc1ccccc1Nc1ccnc(Nc2cccc(Br)c2)n1. The van der Waals surface area contributed by atoms with Gasteiger partial charge in [0.15, 0.2) is 0 Å². The number of aromatic nitrogens is 2. The number of benzene rings is 2. The molecule has 0 fully saturated rings. The van der Waals surface area contributed by atoms with E-state index in [1.165, 1.54) is 5.56 Å². The van der Waals surface area contributed by atoms with Crippen molar-refractivity contribution in [3.05, 3.63) is 70.8 Å². The van der Waals surface area contributed by atoms with Crippen LogP contribution in [0, 0.1) is 0 Å². The largest absolute Gasteiger partial charge is 0.340 e. The molecule has 0 unspecified atom stereocenters. The number of hydrogen-bond acceptors (Lipinski definition) is 4. The van der Waals surface area contributed by atoms with Gasteiger partial charge in [0.25, 0.3) is 0 Å². The number of hydrogen-bond donors (Lipinski definition) is 2. The van der Waals surface area contributed by atoms with Gasteiger partial charge in [-0.2, -0.15) is 4.98 Å². The van der Waals surface area contributed by atoms with Gasteiger partial charge in [-0.1, -0.05) is 47.1 Å². The maximum Gasteiger partial charge on any atom is 0.229 e. The van der Waals surface area contributed by atoms with Gasteiger partial charge >= 0.3 is 0 Å². The monoisotopic (exact) mass is 368 g/mol. The molecule has 0 atom stereocenters. The highest BCUT2D eigenvalue weighted by Crippen LogP contribution is 2.22. The molecular weight excluding hydrogens is 352 g/mol. The molecule has 0 spiro atoms.